The molecular weight excluding hydrogens is 294 g/mol. The van der Waals surface area contributed by atoms with E-state index in [-0.39, 0.29) is 0 Å². The zero-order valence-electron chi connectivity index (χ0n) is 14.9. The van der Waals surface area contributed by atoms with Crippen LogP contribution in [0.2, 0.25) is 0 Å². The molecule has 0 atom stereocenters. The molecule has 1 aromatic carbocycles. The Hall–Kier alpha value is -1.35. The third-order valence-electron chi connectivity index (χ3n) is 5.96. The molecule has 0 bridgehead atoms. The van der Waals surface area contributed by atoms with Gasteiger partial charge in [-0.15, -0.1) is 0 Å². The molecule has 1 aliphatic heterocycles. The molecule has 4 rings (SSSR count). The Balaban J connectivity index is 1.59. The number of hydrogen-bond acceptors (Lipinski definition) is 2. The lowest BCUT2D eigenvalue weighted by molar-refractivity contribution is 0.259. The van der Waals surface area contributed by atoms with Gasteiger partial charge in [-0.1, -0.05) is 44.2 Å². The van der Waals surface area contributed by atoms with Crippen molar-refractivity contribution in [2.45, 2.75) is 70.9 Å². The Labute approximate surface area is 146 Å². The lowest BCUT2D eigenvalue weighted by Crippen LogP contribution is -2.26. The van der Waals surface area contributed by atoms with E-state index in [4.69, 9.17) is 4.98 Å². The zero-order valence-corrected chi connectivity index (χ0v) is 14.9. The number of imidazole rings is 1. The van der Waals surface area contributed by atoms with Gasteiger partial charge in [0.05, 0.1) is 17.6 Å². The molecule has 24 heavy (non-hydrogen) atoms. The van der Waals surface area contributed by atoms with Crippen molar-refractivity contribution in [3.63, 3.8) is 0 Å². The summed E-state index contributed by atoms with van der Waals surface area (Å²) >= 11 is 0. The number of benzene rings is 1. The molecule has 3 heteroatoms. The highest BCUT2D eigenvalue weighted by Crippen LogP contribution is 2.28. The summed E-state index contributed by atoms with van der Waals surface area (Å²) in [4.78, 5) is 7.65. The van der Waals surface area contributed by atoms with Gasteiger partial charge in [0.2, 0.25) is 0 Å². The SMILES string of the molecule is c1ccc2c(c1)nc(CN1CCCCCC1)n2CC1CCCCC1. The highest BCUT2D eigenvalue weighted by molar-refractivity contribution is 5.75. The number of rotatable bonds is 4. The van der Waals surface area contributed by atoms with Crippen LogP contribution in [-0.4, -0.2) is 27.5 Å². The number of likely N-dealkylation sites (tertiary alicyclic amines) is 1. The second kappa shape index (κ2) is 7.69. The first kappa shape index (κ1) is 16.1. The summed E-state index contributed by atoms with van der Waals surface area (Å²) < 4.78 is 2.55. The standard InChI is InChI=1S/C21H31N3/c1-2-9-15-23(14-8-1)17-21-22-19-12-6-7-13-20(19)24(21)16-18-10-4-3-5-11-18/h6-7,12-13,18H,1-5,8-11,14-17H2. The van der Waals surface area contributed by atoms with Crippen molar-refractivity contribution >= 4 is 11.0 Å². The molecule has 0 amide bonds. The van der Waals surface area contributed by atoms with Gasteiger partial charge in [-0.25, -0.2) is 4.98 Å². The first-order valence-corrected chi connectivity index (χ1v) is 10.1. The van der Waals surface area contributed by atoms with E-state index in [0.717, 1.165) is 12.5 Å². The monoisotopic (exact) mass is 325 g/mol. The average Bonchev–Trinajstić information content (AvgIpc) is 2.79. The minimum Gasteiger partial charge on any atom is -0.327 e. The van der Waals surface area contributed by atoms with Crippen LogP contribution >= 0.6 is 0 Å². The van der Waals surface area contributed by atoms with Crippen LogP contribution in [0.25, 0.3) is 11.0 Å². The largest absolute Gasteiger partial charge is 0.327 e. The van der Waals surface area contributed by atoms with Crippen LogP contribution in [0.1, 0.15) is 63.6 Å². The van der Waals surface area contributed by atoms with Crippen LogP contribution in [0.3, 0.4) is 0 Å². The van der Waals surface area contributed by atoms with Gasteiger partial charge >= 0.3 is 0 Å². The molecule has 3 nitrogen and oxygen atoms in total. The summed E-state index contributed by atoms with van der Waals surface area (Å²) in [5.74, 6) is 2.14. The van der Waals surface area contributed by atoms with Crippen molar-refractivity contribution in [3.8, 4) is 0 Å². The van der Waals surface area contributed by atoms with Gasteiger partial charge < -0.3 is 4.57 Å². The predicted octanol–water partition coefficient (Wildman–Crippen LogP) is 4.99. The third kappa shape index (κ3) is 3.66. The molecule has 1 saturated carbocycles. The fraction of sp³-hybridized carbons (Fsp3) is 0.667. The number of aromatic nitrogens is 2. The maximum absolute atomic E-state index is 5.02. The molecule has 130 valence electrons. The van der Waals surface area contributed by atoms with Crippen LogP contribution in [0.4, 0.5) is 0 Å². The van der Waals surface area contributed by atoms with E-state index in [1.54, 1.807) is 0 Å². The number of fused-ring (bicyclic) bond motifs is 1. The summed E-state index contributed by atoms with van der Waals surface area (Å²) in [6.07, 6.45) is 12.6. The van der Waals surface area contributed by atoms with Gasteiger partial charge in [0.25, 0.3) is 0 Å². The Morgan fingerprint density at radius 2 is 1.58 bits per heavy atom. The third-order valence-corrected chi connectivity index (χ3v) is 5.96. The lowest BCUT2D eigenvalue weighted by atomic mass is 9.89. The average molecular weight is 326 g/mol. The van der Waals surface area contributed by atoms with Crippen molar-refractivity contribution in [2.75, 3.05) is 13.1 Å². The minimum absolute atomic E-state index is 0.847. The lowest BCUT2D eigenvalue weighted by Gasteiger charge is -2.25. The van der Waals surface area contributed by atoms with Crippen LogP contribution < -0.4 is 0 Å². The van der Waals surface area contributed by atoms with Gasteiger partial charge in [0.15, 0.2) is 0 Å². The van der Waals surface area contributed by atoms with Crippen LogP contribution in [0, 0.1) is 5.92 Å². The summed E-state index contributed by atoms with van der Waals surface area (Å²) in [5.41, 5.74) is 2.52. The Morgan fingerprint density at radius 3 is 2.38 bits per heavy atom. The fourth-order valence-electron chi connectivity index (χ4n) is 4.57. The summed E-state index contributed by atoms with van der Waals surface area (Å²) in [7, 11) is 0. The molecule has 0 spiro atoms. The van der Waals surface area contributed by atoms with Gasteiger partial charge in [0.1, 0.15) is 5.82 Å². The highest BCUT2D eigenvalue weighted by atomic mass is 15.2. The van der Waals surface area contributed by atoms with Crippen molar-refractivity contribution in [1.82, 2.24) is 14.5 Å². The Morgan fingerprint density at radius 1 is 0.875 bits per heavy atom. The van der Waals surface area contributed by atoms with Gasteiger partial charge in [-0.05, 0) is 56.8 Å². The molecule has 2 heterocycles. The molecule has 1 aromatic heterocycles. The molecule has 1 aliphatic carbocycles. The van der Waals surface area contributed by atoms with Crippen molar-refractivity contribution in [3.05, 3.63) is 30.1 Å². The Bertz CT molecular complexity index is 646. The molecule has 2 fully saturated rings. The quantitative estimate of drug-likeness (QED) is 0.789. The van der Waals surface area contributed by atoms with Crippen molar-refractivity contribution in [1.29, 1.82) is 0 Å². The predicted molar refractivity (Wildman–Crippen MR) is 100 cm³/mol. The topological polar surface area (TPSA) is 21.1 Å². The minimum atomic E-state index is 0.847. The van der Waals surface area contributed by atoms with E-state index in [1.807, 2.05) is 0 Å². The molecule has 0 unspecified atom stereocenters. The Kier molecular flexibility index (Phi) is 5.17. The van der Waals surface area contributed by atoms with Crippen LogP contribution in [-0.2, 0) is 13.1 Å². The van der Waals surface area contributed by atoms with Gasteiger partial charge in [-0.2, -0.15) is 0 Å². The van der Waals surface area contributed by atoms with Crippen molar-refractivity contribution in [2.24, 2.45) is 5.92 Å². The fourth-order valence-corrected chi connectivity index (χ4v) is 4.57. The number of hydrogen-bond donors (Lipinski definition) is 0. The first-order valence-electron chi connectivity index (χ1n) is 10.1. The summed E-state index contributed by atoms with van der Waals surface area (Å²) in [6, 6.07) is 8.73. The van der Waals surface area contributed by atoms with Crippen molar-refractivity contribution < 1.29 is 0 Å². The van der Waals surface area contributed by atoms with Gasteiger partial charge in [-0.3, -0.25) is 4.90 Å². The molecular formula is C21H31N3. The summed E-state index contributed by atoms with van der Waals surface area (Å²) in [6.45, 7) is 4.68. The van der Waals surface area contributed by atoms with Gasteiger partial charge in [0, 0.05) is 6.54 Å². The number of nitrogens with zero attached hydrogens (tertiary/aromatic N) is 3. The van der Waals surface area contributed by atoms with Crippen LogP contribution in [0.5, 0.6) is 0 Å². The molecule has 2 aliphatic rings. The second-order valence-electron chi connectivity index (χ2n) is 7.82. The molecule has 0 N–H and O–H groups in total. The van der Waals surface area contributed by atoms with Crippen LogP contribution in [0.15, 0.2) is 24.3 Å². The van der Waals surface area contributed by atoms with E-state index in [0.29, 0.717) is 0 Å². The zero-order chi connectivity index (χ0) is 16.2. The highest BCUT2D eigenvalue weighted by Gasteiger charge is 2.20. The van der Waals surface area contributed by atoms with E-state index in [2.05, 4.69) is 33.7 Å². The normalized spacial score (nSPS) is 21.2. The smallest absolute Gasteiger partial charge is 0.124 e. The maximum atomic E-state index is 5.02. The molecule has 1 saturated heterocycles. The first-order chi connectivity index (χ1) is 11.9. The maximum Gasteiger partial charge on any atom is 0.124 e. The van der Waals surface area contributed by atoms with E-state index in [9.17, 15) is 0 Å². The second-order valence-corrected chi connectivity index (χ2v) is 7.82. The van der Waals surface area contributed by atoms with E-state index in [1.165, 1.54) is 94.3 Å². The van der Waals surface area contributed by atoms with E-state index < -0.39 is 0 Å². The molecule has 0 radical (unpaired) electrons. The summed E-state index contributed by atoms with van der Waals surface area (Å²) in [5, 5.41) is 0. The van der Waals surface area contributed by atoms with E-state index >= 15 is 0 Å². The number of para-hydroxylation sites is 2. The molecule has 2 aromatic rings.